The van der Waals surface area contributed by atoms with Crippen LogP contribution in [-0.2, 0) is 6.61 Å². The smallest absolute Gasteiger partial charge is 0.258 e. The van der Waals surface area contributed by atoms with Crippen LogP contribution in [0.15, 0.2) is 89.9 Å². The first kappa shape index (κ1) is 17.5. The van der Waals surface area contributed by atoms with E-state index in [1.807, 2.05) is 24.3 Å². The highest BCUT2D eigenvalue weighted by Gasteiger charge is 2.06. The highest BCUT2D eigenvalue weighted by molar-refractivity contribution is 6.04. The Kier molecular flexibility index (Phi) is 4.84. The number of carbonyl (C=O) groups is 1. The molecule has 1 N–H and O–H groups in total. The Morgan fingerprint density at radius 3 is 2.50 bits per heavy atom. The van der Waals surface area contributed by atoms with E-state index < -0.39 is 0 Å². The van der Waals surface area contributed by atoms with Crippen molar-refractivity contribution in [2.45, 2.75) is 6.61 Å². The first-order valence-corrected chi connectivity index (χ1v) is 8.76. The summed E-state index contributed by atoms with van der Waals surface area (Å²) < 4.78 is 7.20. The van der Waals surface area contributed by atoms with Crippen LogP contribution in [0.25, 0.3) is 5.65 Å². The second-order valence-electron chi connectivity index (χ2n) is 6.15. The molecular formula is C22H17N3O3. The predicted molar refractivity (Wildman–Crippen MR) is 107 cm³/mol. The molecule has 28 heavy (non-hydrogen) atoms. The molecule has 2 aromatic carbocycles. The molecule has 0 aliphatic rings. The van der Waals surface area contributed by atoms with Gasteiger partial charge in [-0.05, 0) is 48.5 Å². The molecule has 2 heterocycles. The summed E-state index contributed by atoms with van der Waals surface area (Å²) in [7, 11) is 0. The van der Waals surface area contributed by atoms with Crippen LogP contribution in [0.4, 0.5) is 5.69 Å². The van der Waals surface area contributed by atoms with Crippen molar-refractivity contribution >= 4 is 17.2 Å². The predicted octanol–water partition coefficient (Wildman–Crippen LogP) is 3.53. The number of benzene rings is 2. The van der Waals surface area contributed by atoms with Gasteiger partial charge < -0.3 is 10.1 Å². The van der Waals surface area contributed by atoms with Crippen LogP contribution >= 0.6 is 0 Å². The van der Waals surface area contributed by atoms with Crippen molar-refractivity contribution in [3.05, 3.63) is 107 Å². The molecular weight excluding hydrogens is 354 g/mol. The van der Waals surface area contributed by atoms with Crippen LogP contribution in [0.2, 0.25) is 0 Å². The maximum Gasteiger partial charge on any atom is 0.258 e. The summed E-state index contributed by atoms with van der Waals surface area (Å²) in [5, 5.41) is 2.84. The van der Waals surface area contributed by atoms with Crippen LogP contribution in [-0.4, -0.2) is 15.3 Å². The lowest BCUT2D eigenvalue weighted by Crippen LogP contribution is -2.16. The number of nitrogens with one attached hydrogen (secondary N) is 1. The molecule has 0 bridgehead atoms. The third-order valence-corrected chi connectivity index (χ3v) is 4.16. The highest BCUT2D eigenvalue weighted by atomic mass is 16.5. The van der Waals surface area contributed by atoms with Gasteiger partial charge in [-0.25, -0.2) is 4.98 Å². The Labute approximate surface area is 161 Å². The van der Waals surface area contributed by atoms with Crippen molar-refractivity contribution in [1.82, 2.24) is 9.38 Å². The van der Waals surface area contributed by atoms with Gasteiger partial charge in [0.05, 0.1) is 5.69 Å². The monoisotopic (exact) mass is 371 g/mol. The molecule has 0 aliphatic heterocycles. The first-order valence-electron chi connectivity index (χ1n) is 8.76. The van der Waals surface area contributed by atoms with E-state index in [1.54, 1.807) is 54.7 Å². The molecule has 1 amide bonds. The summed E-state index contributed by atoms with van der Waals surface area (Å²) in [6.07, 6.45) is 1.68. The van der Waals surface area contributed by atoms with E-state index in [9.17, 15) is 9.59 Å². The summed E-state index contributed by atoms with van der Waals surface area (Å²) >= 11 is 0. The second kappa shape index (κ2) is 7.75. The number of fused-ring (bicyclic) bond motifs is 1. The molecule has 6 nitrogen and oxygen atoms in total. The molecule has 0 atom stereocenters. The van der Waals surface area contributed by atoms with Crippen molar-refractivity contribution in [3.63, 3.8) is 0 Å². The Morgan fingerprint density at radius 1 is 0.964 bits per heavy atom. The number of pyridine rings is 1. The number of hydrogen-bond donors (Lipinski definition) is 1. The molecule has 0 saturated carbocycles. The number of ether oxygens (including phenoxy) is 1. The quantitative estimate of drug-likeness (QED) is 0.583. The summed E-state index contributed by atoms with van der Waals surface area (Å²) in [5.74, 6) is 0.447. The number of anilines is 1. The fraction of sp³-hybridized carbons (Fsp3) is 0.0455. The van der Waals surface area contributed by atoms with Crippen LogP contribution < -0.4 is 15.6 Å². The number of rotatable bonds is 5. The molecule has 0 saturated heterocycles. The standard InChI is InChI=1S/C22H17N3O3/c26-21-14-18(23-20-8-4-5-13-25(20)21)15-28-19-11-9-17(10-12-19)24-22(27)16-6-2-1-3-7-16/h1-14H,15H2,(H,24,27). The SMILES string of the molecule is O=C(Nc1ccc(OCc2cc(=O)n3ccccc3n2)cc1)c1ccccc1. The average Bonchev–Trinajstić information content (AvgIpc) is 2.74. The van der Waals surface area contributed by atoms with Gasteiger partial charge in [-0.3, -0.25) is 14.0 Å². The maximum absolute atomic E-state index is 12.2. The first-order chi connectivity index (χ1) is 13.7. The molecule has 0 spiro atoms. The van der Waals surface area contributed by atoms with Gasteiger partial charge in [0, 0.05) is 23.5 Å². The number of nitrogens with zero attached hydrogens (tertiary/aromatic N) is 2. The fourth-order valence-corrected chi connectivity index (χ4v) is 2.76. The van der Waals surface area contributed by atoms with E-state index in [1.165, 1.54) is 10.5 Å². The topological polar surface area (TPSA) is 72.7 Å². The Hall–Kier alpha value is -3.93. The molecule has 0 fully saturated rings. The average molecular weight is 371 g/mol. The number of carbonyl (C=O) groups excluding carboxylic acids is 1. The largest absolute Gasteiger partial charge is 0.487 e. The molecule has 2 aromatic heterocycles. The van der Waals surface area contributed by atoms with E-state index in [2.05, 4.69) is 10.3 Å². The van der Waals surface area contributed by atoms with Crippen LogP contribution in [0.3, 0.4) is 0 Å². The van der Waals surface area contributed by atoms with E-state index >= 15 is 0 Å². The van der Waals surface area contributed by atoms with E-state index in [0.29, 0.717) is 28.3 Å². The zero-order chi connectivity index (χ0) is 19.3. The fourth-order valence-electron chi connectivity index (χ4n) is 2.76. The van der Waals surface area contributed by atoms with Gasteiger partial charge in [-0.1, -0.05) is 24.3 Å². The van der Waals surface area contributed by atoms with Crippen molar-refractivity contribution in [2.75, 3.05) is 5.32 Å². The summed E-state index contributed by atoms with van der Waals surface area (Å²) in [4.78, 5) is 28.7. The molecule has 138 valence electrons. The van der Waals surface area contributed by atoms with Gasteiger partial charge in [-0.15, -0.1) is 0 Å². The van der Waals surface area contributed by atoms with Crippen molar-refractivity contribution in [3.8, 4) is 5.75 Å². The molecule has 6 heteroatoms. The maximum atomic E-state index is 12.2. The minimum Gasteiger partial charge on any atom is -0.487 e. The van der Waals surface area contributed by atoms with Gasteiger partial charge >= 0.3 is 0 Å². The number of hydrogen-bond acceptors (Lipinski definition) is 4. The number of amides is 1. The van der Waals surface area contributed by atoms with Crippen molar-refractivity contribution in [1.29, 1.82) is 0 Å². The molecule has 4 aromatic rings. The Balaban J connectivity index is 1.41. The van der Waals surface area contributed by atoms with Crippen LogP contribution in [0, 0.1) is 0 Å². The van der Waals surface area contributed by atoms with Gasteiger partial charge in [0.25, 0.3) is 11.5 Å². The van der Waals surface area contributed by atoms with Gasteiger partial charge in [0.15, 0.2) is 0 Å². The third-order valence-electron chi connectivity index (χ3n) is 4.16. The van der Waals surface area contributed by atoms with E-state index in [4.69, 9.17) is 4.74 Å². The molecule has 0 unspecified atom stereocenters. The molecule has 0 radical (unpaired) electrons. The minimum absolute atomic E-state index is 0.150. The minimum atomic E-state index is -0.171. The van der Waals surface area contributed by atoms with Gasteiger partial charge in [-0.2, -0.15) is 0 Å². The van der Waals surface area contributed by atoms with E-state index in [-0.39, 0.29) is 18.1 Å². The lowest BCUT2D eigenvalue weighted by atomic mass is 10.2. The van der Waals surface area contributed by atoms with Gasteiger partial charge in [0.1, 0.15) is 18.0 Å². The third kappa shape index (κ3) is 3.91. The number of aromatic nitrogens is 2. The van der Waals surface area contributed by atoms with Crippen LogP contribution in [0.5, 0.6) is 5.75 Å². The second-order valence-corrected chi connectivity index (χ2v) is 6.15. The van der Waals surface area contributed by atoms with Crippen molar-refractivity contribution < 1.29 is 9.53 Å². The lowest BCUT2D eigenvalue weighted by Gasteiger charge is -2.09. The Bertz CT molecular complexity index is 1170. The Morgan fingerprint density at radius 2 is 1.71 bits per heavy atom. The summed E-state index contributed by atoms with van der Waals surface area (Å²) in [6, 6.07) is 22.9. The highest BCUT2D eigenvalue weighted by Crippen LogP contribution is 2.17. The van der Waals surface area contributed by atoms with Crippen LogP contribution in [0.1, 0.15) is 16.1 Å². The summed E-state index contributed by atoms with van der Waals surface area (Å²) in [6.45, 7) is 0.177. The van der Waals surface area contributed by atoms with E-state index in [0.717, 1.165) is 0 Å². The zero-order valence-electron chi connectivity index (χ0n) is 14.9. The van der Waals surface area contributed by atoms with Crippen molar-refractivity contribution in [2.24, 2.45) is 0 Å². The normalized spacial score (nSPS) is 10.6. The zero-order valence-corrected chi connectivity index (χ0v) is 14.9. The summed E-state index contributed by atoms with van der Waals surface area (Å²) in [5.41, 5.74) is 2.24. The van der Waals surface area contributed by atoms with Gasteiger partial charge in [0.2, 0.25) is 0 Å². The lowest BCUT2D eigenvalue weighted by molar-refractivity contribution is 0.102. The molecule has 0 aliphatic carbocycles. The molecule has 4 rings (SSSR count).